The van der Waals surface area contributed by atoms with Gasteiger partial charge in [0.25, 0.3) is 0 Å². The number of hydrogen-bond donors (Lipinski definition) is 1. The zero-order valence-electron chi connectivity index (χ0n) is 17.2. The van der Waals surface area contributed by atoms with Crippen molar-refractivity contribution in [3.8, 4) is 17.2 Å². The molecule has 1 aromatic heterocycles. The van der Waals surface area contributed by atoms with E-state index in [9.17, 15) is 4.79 Å². The number of fused-ring (bicyclic) bond motifs is 1. The predicted molar refractivity (Wildman–Crippen MR) is 119 cm³/mol. The molecule has 0 radical (unpaired) electrons. The second kappa shape index (κ2) is 9.49. The molecule has 3 aromatic rings. The molecule has 0 atom stereocenters. The largest absolute Gasteiger partial charge is 0.497 e. The number of carbonyl (C=O) groups excluding carboxylic acids is 1. The molecule has 1 saturated heterocycles. The van der Waals surface area contributed by atoms with Crippen molar-refractivity contribution < 1.29 is 23.7 Å². The minimum Gasteiger partial charge on any atom is -0.497 e. The van der Waals surface area contributed by atoms with Crippen molar-refractivity contribution in [1.82, 2.24) is 9.97 Å². The molecule has 0 bridgehead atoms. The van der Waals surface area contributed by atoms with E-state index >= 15 is 0 Å². The molecule has 0 aliphatic carbocycles. The summed E-state index contributed by atoms with van der Waals surface area (Å²) >= 11 is 3.55. The highest BCUT2D eigenvalue weighted by molar-refractivity contribution is 9.10. The Hall–Kier alpha value is -2.91. The van der Waals surface area contributed by atoms with Crippen LogP contribution in [0.15, 0.2) is 41.1 Å². The van der Waals surface area contributed by atoms with E-state index in [0.29, 0.717) is 47.2 Å². The molecule has 4 rings (SSSR count). The highest BCUT2D eigenvalue weighted by atomic mass is 79.9. The highest BCUT2D eigenvalue weighted by Gasteiger charge is 2.20. The second-order valence-electron chi connectivity index (χ2n) is 7.03. The maximum Gasteiger partial charge on any atom is 0.308 e. The number of esters is 1. The van der Waals surface area contributed by atoms with Gasteiger partial charge in [-0.1, -0.05) is 0 Å². The van der Waals surface area contributed by atoms with Crippen LogP contribution < -0.4 is 19.5 Å². The average molecular weight is 488 g/mol. The van der Waals surface area contributed by atoms with E-state index in [-0.39, 0.29) is 6.10 Å². The number of halogens is 1. The van der Waals surface area contributed by atoms with Crippen LogP contribution in [0, 0.1) is 0 Å². The topological polar surface area (TPSA) is 91.8 Å². The number of ether oxygens (including phenoxy) is 4. The standard InChI is InChI=1S/C22H22BrN3O5/c1-13(27)30-16-10-19-21(20(11-16)31-14-5-7-29-8-6-14)22(25-12-24-19)26-18-9-15(28-2)3-4-17(18)23/h3-4,9-12,14H,5-8H2,1-2H3,(H,24,25,26). The van der Waals surface area contributed by atoms with Gasteiger partial charge in [0.1, 0.15) is 35.5 Å². The number of anilines is 2. The van der Waals surface area contributed by atoms with Crippen LogP contribution in [-0.2, 0) is 9.53 Å². The first-order chi connectivity index (χ1) is 15.0. The fraction of sp³-hybridized carbons (Fsp3) is 0.318. The lowest BCUT2D eigenvalue weighted by Crippen LogP contribution is -2.26. The minimum absolute atomic E-state index is 0.0128. The van der Waals surface area contributed by atoms with Crippen LogP contribution in [-0.4, -0.2) is 42.4 Å². The Balaban J connectivity index is 1.79. The Morgan fingerprint density at radius 1 is 1.16 bits per heavy atom. The van der Waals surface area contributed by atoms with Crippen molar-refractivity contribution >= 4 is 44.3 Å². The summed E-state index contributed by atoms with van der Waals surface area (Å²) < 4.78 is 23.2. The summed E-state index contributed by atoms with van der Waals surface area (Å²) in [6.07, 6.45) is 2.99. The SMILES string of the molecule is COc1ccc(Br)c(Nc2ncnc3cc(OC(C)=O)cc(OC4CCOCC4)c23)c1. The number of benzene rings is 2. The molecule has 2 heterocycles. The van der Waals surface area contributed by atoms with Crippen molar-refractivity contribution in [3.05, 3.63) is 41.1 Å². The Bertz CT molecular complexity index is 1100. The zero-order valence-corrected chi connectivity index (χ0v) is 18.8. The highest BCUT2D eigenvalue weighted by Crippen LogP contribution is 2.38. The molecular formula is C22H22BrN3O5. The van der Waals surface area contributed by atoms with Crippen LogP contribution in [0.3, 0.4) is 0 Å². The zero-order chi connectivity index (χ0) is 21.8. The minimum atomic E-state index is -0.413. The van der Waals surface area contributed by atoms with E-state index in [1.807, 2.05) is 18.2 Å². The molecule has 0 unspecified atom stereocenters. The van der Waals surface area contributed by atoms with Gasteiger partial charge in [-0.3, -0.25) is 4.79 Å². The Kier molecular flexibility index (Phi) is 6.53. The molecular weight excluding hydrogens is 466 g/mol. The molecule has 1 N–H and O–H groups in total. The number of nitrogens with zero attached hydrogens (tertiary/aromatic N) is 2. The number of carbonyl (C=O) groups is 1. The van der Waals surface area contributed by atoms with E-state index in [1.165, 1.54) is 13.3 Å². The van der Waals surface area contributed by atoms with Crippen molar-refractivity contribution in [2.24, 2.45) is 0 Å². The summed E-state index contributed by atoms with van der Waals surface area (Å²) in [7, 11) is 1.61. The van der Waals surface area contributed by atoms with Crippen LogP contribution in [0.1, 0.15) is 19.8 Å². The van der Waals surface area contributed by atoms with Gasteiger partial charge in [-0.2, -0.15) is 0 Å². The first-order valence-electron chi connectivity index (χ1n) is 9.85. The van der Waals surface area contributed by atoms with Crippen LogP contribution in [0.25, 0.3) is 10.9 Å². The summed E-state index contributed by atoms with van der Waals surface area (Å²) in [5.41, 5.74) is 1.37. The van der Waals surface area contributed by atoms with Crippen molar-refractivity contribution in [2.75, 3.05) is 25.6 Å². The third kappa shape index (κ3) is 5.05. The smallest absolute Gasteiger partial charge is 0.308 e. The van der Waals surface area contributed by atoms with Gasteiger partial charge < -0.3 is 24.3 Å². The quantitative estimate of drug-likeness (QED) is 0.397. The average Bonchev–Trinajstić information content (AvgIpc) is 2.75. The van der Waals surface area contributed by atoms with E-state index in [0.717, 1.165) is 23.0 Å². The summed E-state index contributed by atoms with van der Waals surface area (Å²) in [4.78, 5) is 20.3. The Morgan fingerprint density at radius 3 is 2.71 bits per heavy atom. The van der Waals surface area contributed by atoms with E-state index in [4.69, 9.17) is 18.9 Å². The van der Waals surface area contributed by atoms with Gasteiger partial charge in [0.05, 0.1) is 36.9 Å². The van der Waals surface area contributed by atoms with Crippen molar-refractivity contribution in [3.63, 3.8) is 0 Å². The Labute approximate surface area is 188 Å². The maximum atomic E-state index is 11.5. The van der Waals surface area contributed by atoms with Crippen molar-refractivity contribution in [2.45, 2.75) is 25.9 Å². The molecule has 0 spiro atoms. The maximum absolute atomic E-state index is 11.5. The lowest BCUT2D eigenvalue weighted by molar-refractivity contribution is -0.131. The lowest BCUT2D eigenvalue weighted by Gasteiger charge is -2.24. The number of hydrogen-bond acceptors (Lipinski definition) is 8. The molecule has 162 valence electrons. The van der Waals surface area contributed by atoms with Crippen LogP contribution in [0.4, 0.5) is 11.5 Å². The monoisotopic (exact) mass is 487 g/mol. The van der Waals surface area contributed by atoms with Gasteiger partial charge >= 0.3 is 5.97 Å². The number of nitrogens with one attached hydrogen (secondary N) is 1. The van der Waals surface area contributed by atoms with E-state index in [2.05, 4.69) is 31.2 Å². The number of rotatable bonds is 6. The normalized spacial score (nSPS) is 14.3. The van der Waals surface area contributed by atoms with E-state index in [1.54, 1.807) is 19.2 Å². The lowest BCUT2D eigenvalue weighted by atomic mass is 10.1. The molecule has 2 aromatic carbocycles. The van der Waals surface area contributed by atoms with Crippen LogP contribution in [0.2, 0.25) is 0 Å². The molecule has 9 heteroatoms. The molecule has 31 heavy (non-hydrogen) atoms. The van der Waals surface area contributed by atoms with Gasteiger partial charge in [-0.15, -0.1) is 0 Å². The third-order valence-corrected chi connectivity index (χ3v) is 5.52. The van der Waals surface area contributed by atoms with Gasteiger partial charge in [0.2, 0.25) is 0 Å². The number of methoxy groups -OCH3 is 1. The molecule has 0 amide bonds. The first-order valence-corrected chi connectivity index (χ1v) is 10.6. The summed E-state index contributed by atoms with van der Waals surface area (Å²) in [5, 5.41) is 4.03. The van der Waals surface area contributed by atoms with E-state index < -0.39 is 5.97 Å². The summed E-state index contributed by atoms with van der Waals surface area (Å²) in [5.74, 6) is 1.77. The van der Waals surface area contributed by atoms with Crippen LogP contribution in [0.5, 0.6) is 17.2 Å². The first kappa shape index (κ1) is 21.3. The van der Waals surface area contributed by atoms with Gasteiger partial charge in [-0.05, 0) is 28.1 Å². The third-order valence-electron chi connectivity index (χ3n) is 4.83. The van der Waals surface area contributed by atoms with Crippen LogP contribution >= 0.6 is 15.9 Å². The molecule has 8 nitrogen and oxygen atoms in total. The summed E-state index contributed by atoms with van der Waals surface area (Å²) in [6, 6.07) is 9.01. The Morgan fingerprint density at radius 2 is 1.97 bits per heavy atom. The summed E-state index contributed by atoms with van der Waals surface area (Å²) in [6.45, 7) is 2.64. The fourth-order valence-electron chi connectivity index (χ4n) is 3.37. The van der Waals surface area contributed by atoms with Gasteiger partial charge in [0, 0.05) is 42.4 Å². The molecule has 1 aliphatic rings. The second-order valence-corrected chi connectivity index (χ2v) is 7.89. The fourth-order valence-corrected chi connectivity index (χ4v) is 3.72. The predicted octanol–water partition coefficient (Wildman–Crippen LogP) is 4.63. The van der Waals surface area contributed by atoms with Gasteiger partial charge in [-0.25, -0.2) is 9.97 Å². The molecule has 1 fully saturated rings. The van der Waals surface area contributed by atoms with Gasteiger partial charge in [0.15, 0.2) is 0 Å². The molecule has 0 saturated carbocycles. The molecule has 1 aliphatic heterocycles. The van der Waals surface area contributed by atoms with Crippen molar-refractivity contribution in [1.29, 1.82) is 0 Å². The number of aromatic nitrogens is 2.